The molecule has 1 N–H and O–H groups in total. The van der Waals surface area contributed by atoms with Gasteiger partial charge in [0.25, 0.3) is 0 Å². The van der Waals surface area contributed by atoms with E-state index in [2.05, 4.69) is 0 Å². The SMILES string of the molecule is COCCCCOc1c(C)cc(CO)cc1C. The highest BCUT2D eigenvalue weighted by molar-refractivity contribution is 5.43. The van der Waals surface area contributed by atoms with E-state index in [0.717, 1.165) is 41.9 Å². The fourth-order valence-corrected chi connectivity index (χ4v) is 1.88. The van der Waals surface area contributed by atoms with Gasteiger partial charge in [-0.1, -0.05) is 12.1 Å². The largest absolute Gasteiger partial charge is 0.493 e. The Morgan fingerprint density at radius 1 is 1.06 bits per heavy atom. The average molecular weight is 238 g/mol. The monoisotopic (exact) mass is 238 g/mol. The quantitative estimate of drug-likeness (QED) is 0.742. The third-order valence-corrected chi connectivity index (χ3v) is 2.69. The first kappa shape index (κ1) is 14.0. The van der Waals surface area contributed by atoms with Gasteiger partial charge in [0.2, 0.25) is 0 Å². The smallest absolute Gasteiger partial charge is 0.125 e. The second kappa shape index (κ2) is 7.30. The minimum atomic E-state index is 0.0792. The summed E-state index contributed by atoms with van der Waals surface area (Å²) < 4.78 is 10.8. The number of methoxy groups -OCH3 is 1. The first-order valence-corrected chi connectivity index (χ1v) is 6.01. The van der Waals surface area contributed by atoms with Crippen LogP contribution in [-0.2, 0) is 11.3 Å². The van der Waals surface area contributed by atoms with Gasteiger partial charge >= 0.3 is 0 Å². The van der Waals surface area contributed by atoms with Crippen LogP contribution in [0.4, 0.5) is 0 Å². The van der Waals surface area contributed by atoms with E-state index in [1.54, 1.807) is 7.11 Å². The van der Waals surface area contributed by atoms with Crippen LogP contribution in [-0.4, -0.2) is 25.4 Å². The molecule has 17 heavy (non-hydrogen) atoms. The van der Waals surface area contributed by atoms with Crippen LogP contribution in [0.15, 0.2) is 12.1 Å². The van der Waals surface area contributed by atoms with Gasteiger partial charge in [-0.05, 0) is 43.4 Å². The molecule has 0 amide bonds. The lowest BCUT2D eigenvalue weighted by molar-refractivity contribution is 0.184. The van der Waals surface area contributed by atoms with Gasteiger partial charge in [0.05, 0.1) is 13.2 Å². The van der Waals surface area contributed by atoms with Gasteiger partial charge in [-0.2, -0.15) is 0 Å². The Labute approximate surface area is 103 Å². The molecule has 0 aliphatic heterocycles. The van der Waals surface area contributed by atoms with Crippen molar-refractivity contribution in [2.45, 2.75) is 33.3 Å². The van der Waals surface area contributed by atoms with Crippen LogP contribution >= 0.6 is 0 Å². The summed E-state index contributed by atoms with van der Waals surface area (Å²) in [5.74, 6) is 0.944. The lowest BCUT2D eigenvalue weighted by Crippen LogP contribution is -2.03. The molecule has 0 bridgehead atoms. The zero-order chi connectivity index (χ0) is 12.7. The summed E-state index contributed by atoms with van der Waals surface area (Å²) in [6.07, 6.45) is 2.01. The topological polar surface area (TPSA) is 38.7 Å². The molecule has 0 spiro atoms. The lowest BCUT2D eigenvalue weighted by atomic mass is 10.1. The highest BCUT2D eigenvalue weighted by Crippen LogP contribution is 2.25. The maximum absolute atomic E-state index is 9.10. The molecule has 0 aliphatic carbocycles. The molecule has 1 aromatic rings. The van der Waals surface area contributed by atoms with E-state index in [4.69, 9.17) is 14.6 Å². The van der Waals surface area contributed by atoms with Gasteiger partial charge < -0.3 is 14.6 Å². The molecule has 0 saturated carbocycles. The molecule has 0 saturated heterocycles. The van der Waals surface area contributed by atoms with Crippen LogP contribution in [0.5, 0.6) is 5.75 Å². The number of ether oxygens (including phenoxy) is 2. The van der Waals surface area contributed by atoms with Crippen LogP contribution < -0.4 is 4.74 Å². The van der Waals surface area contributed by atoms with Crippen molar-refractivity contribution in [2.24, 2.45) is 0 Å². The first-order chi connectivity index (χ1) is 8.19. The van der Waals surface area contributed by atoms with E-state index in [9.17, 15) is 0 Å². The Hall–Kier alpha value is -1.06. The van der Waals surface area contributed by atoms with Crippen molar-refractivity contribution in [3.63, 3.8) is 0 Å². The molecule has 0 unspecified atom stereocenters. The number of benzene rings is 1. The molecule has 3 nitrogen and oxygen atoms in total. The molecule has 0 fully saturated rings. The van der Waals surface area contributed by atoms with E-state index < -0.39 is 0 Å². The Kier molecular flexibility index (Phi) is 6.01. The average Bonchev–Trinajstić information content (AvgIpc) is 2.31. The number of rotatable bonds is 7. The van der Waals surface area contributed by atoms with Gasteiger partial charge in [0.15, 0.2) is 0 Å². The van der Waals surface area contributed by atoms with Gasteiger partial charge in [-0.15, -0.1) is 0 Å². The molecular formula is C14H22O3. The number of aliphatic hydroxyl groups excluding tert-OH is 1. The van der Waals surface area contributed by atoms with Gasteiger partial charge in [-0.3, -0.25) is 0 Å². The molecule has 3 heteroatoms. The van der Waals surface area contributed by atoms with Gasteiger partial charge in [0.1, 0.15) is 5.75 Å². The van der Waals surface area contributed by atoms with E-state index >= 15 is 0 Å². The molecule has 96 valence electrons. The number of unbranched alkanes of at least 4 members (excludes halogenated alkanes) is 1. The lowest BCUT2D eigenvalue weighted by Gasteiger charge is -2.13. The highest BCUT2D eigenvalue weighted by Gasteiger charge is 2.05. The summed E-state index contributed by atoms with van der Waals surface area (Å²) in [5.41, 5.74) is 3.10. The van der Waals surface area contributed by atoms with Crippen molar-refractivity contribution in [3.8, 4) is 5.75 Å². The molecule has 0 atom stereocenters. The van der Waals surface area contributed by atoms with Crippen LogP contribution in [0.2, 0.25) is 0 Å². The van der Waals surface area contributed by atoms with E-state index in [-0.39, 0.29) is 6.61 Å². The number of hydrogen-bond acceptors (Lipinski definition) is 3. The summed E-state index contributed by atoms with van der Waals surface area (Å²) in [5, 5.41) is 9.10. The fourth-order valence-electron chi connectivity index (χ4n) is 1.88. The van der Waals surface area contributed by atoms with E-state index in [1.807, 2.05) is 26.0 Å². The van der Waals surface area contributed by atoms with Crippen LogP contribution in [0, 0.1) is 13.8 Å². The van der Waals surface area contributed by atoms with Crippen molar-refractivity contribution in [1.82, 2.24) is 0 Å². The molecule has 1 rings (SSSR count). The Morgan fingerprint density at radius 3 is 2.18 bits per heavy atom. The van der Waals surface area contributed by atoms with Crippen LogP contribution in [0.1, 0.15) is 29.5 Å². The normalized spacial score (nSPS) is 10.6. The van der Waals surface area contributed by atoms with Crippen molar-refractivity contribution in [1.29, 1.82) is 0 Å². The minimum absolute atomic E-state index is 0.0792. The van der Waals surface area contributed by atoms with Crippen molar-refractivity contribution >= 4 is 0 Å². The van der Waals surface area contributed by atoms with Crippen molar-refractivity contribution < 1.29 is 14.6 Å². The number of aliphatic hydroxyl groups is 1. The van der Waals surface area contributed by atoms with Gasteiger partial charge in [0, 0.05) is 13.7 Å². The Morgan fingerprint density at radius 2 is 1.65 bits per heavy atom. The summed E-state index contributed by atoms with van der Waals surface area (Å²) in [7, 11) is 1.71. The molecule has 0 aliphatic rings. The first-order valence-electron chi connectivity index (χ1n) is 6.01. The molecule has 0 radical (unpaired) electrons. The van der Waals surface area contributed by atoms with Crippen molar-refractivity contribution in [2.75, 3.05) is 20.3 Å². The third-order valence-electron chi connectivity index (χ3n) is 2.69. The summed E-state index contributed by atoms with van der Waals surface area (Å²) >= 11 is 0. The van der Waals surface area contributed by atoms with Crippen LogP contribution in [0.25, 0.3) is 0 Å². The zero-order valence-electron chi connectivity index (χ0n) is 11.0. The van der Waals surface area contributed by atoms with Crippen molar-refractivity contribution in [3.05, 3.63) is 28.8 Å². The summed E-state index contributed by atoms with van der Waals surface area (Å²) in [6.45, 7) is 5.59. The fraction of sp³-hybridized carbons (Fsp3) is 0.571. The molecular weight excluding hydrogens is 216 g/mol. The molecule has 0 heterocycles. The second-order valence-electron chi connectivity index (χ2n) is 4.27. The zero-order valence-corrected chi connectivity index (χ0v) is 11.0. The Bertz CT molecular complexity index is 324. The van der Waals surface area contributed by atoms with Crippen LogP contribution in [0.3, 0.4) is 0 Å². The molecule has 1 aromatic carbocycles. The van der Waals surface area contributed by atoms with E-state index in [0.29, 0.717) is 6.61 Å². The number of aryl methyl sites for hydroxylation is 2. The summed E-state index contributed by atoms with van der Waals surface area (Å²) in [6, 6.07) is 3.94. The Balaban J connectivity index is 2.53. The minimum Gasteiger partial charge on any atom is -0.493 e. The van der Waals surface area contributed by atoms with E-state index in [1.165, 1.54) is 0 Å². The molecule has 0 aromatic heterocycles. The number of hydrogen-bond donors (Lipinski definition) is 1. The predicted octanol–water partition coefficient (Wildman–Crippen LogP) is 2.60. The predicted molar refractivity (Wildman–Crippen MR) is 68.4 cm³/mol. The maximum Gasteiger partial charge on any atom is 0.125 e. The van der Waals surface area contributed by atoms with Gasteiger partial charge in [-0.25, -0.2) is 0 Å². The third kappa shape index (κ3) is 4.36. The second-order valence-corrected chi connectivity index (χ2v) is 4.27. The highest BCUT2D eigenvalue weighted by atomic mass is 16.5. The standard InChI is InChI=1S/C14H22O3/c1-11-8-13(10-15)9-12(2)14(11)17-7-5-4-6-16-3/h8-9,15H,4-7,10H2,1-3H3. The maximum atomic E-state index is 9.10. The summed E-state index contributed by atoms with van der Waals surface area (Å²) in [4.78, 5) is 0.